The molecule has 1 atom stereocenters. The normalized spacial score (nSPS) is 26.5. The Bertz CT molecular complexity index is 261. The molecule has 0 heterocycles. The number of hydrogen-bond donors (Lipinski definition) is 1. The summed E-state index contributed by atoms with van der Waals surface area (Å²) in [6.07, 6.45) is 4.10. The van der Waals surface area contributed by atoms with Crippen molar-refractivity contribution < 1.29 is 9.90 Å². The maximum absolute atomic E-state index is 11.3. The van der Waals surface area contributed by atoms with Gasteiger partial charge in [-0.2, -0.15) is 0 Å². The Morgan fingerprint density at radius 1 is 1.62 bits per heavy atom. The van der Waals surface area contributed by atoms with Crippen molar-refractivity contribution in [1.82, 2.24) is 0 Å². The van der Waals surface area contributed by atoms with Gasteiger partial charge in [0.05, 0.1) is 0 Å². The highest BCUT2D eigenvalue weighted by molar-refractivity contribution is 6.05. The molecule has 0 radical (unpaired) electrons. The topological polar surface area (TPSA) is 37.3 Å². The van der Waals surface area contributed by atoms with Crippen LogP contribution in [-0.2, 0) is 4.79 Å². The summed E-state index contributed by atoms with van der Waals surface area (Å²) in [6.45, 7) is 8.00. The summed E-state index contributed by atoms with van der Waals surface area (Å²) >= 11 is 0. The Hall–Kier alpha value is -0.890. The zero-order valence-electron chi connectivity index (χ0n) is 8.21. The van der Waals surface area contributed by atoms with E-state index in [4.69, 9.17) is 5.11 Å². The van der Waals surface area contributed by atoms with Crippen LogP contribution < -0.4 is 0 Å². The molecular weight excluding hydrogens is 164 g/mol. The average Bonchev–Trinajstić information content (AvgIpc) is 2.07. The van der Waals surface area contributed by atoms with Crippen LogP contribution in [0, 0.1) is 11.3 Å². The van der Waals surface area contributed by atoms with Crippen LogP contribution in [0.5, 0.6) is 0 Å². The van der Waals surface area contributed by atoms with Crippen molar-refractivity contribution in [2.24, 2.45) is 11.3 Å². The maximum Gasteiger partial charge on any atom is 0.181 e. The van der Waals surface area contributed by atoms with E-state index in [1.54, 1.807) is 6.08 Å². The molecule has 0 aromatic carbocycles. The molecule has 1 aliphatic carbocycles. The van der Waals surface area contributed by atoms with E-state index < -0.39 is 0 Å². The van der Waals surface area contributed by atoms with E-state index in [1.165, 1.54) is 0 Å². The maximum atomic E-state index is 11.3. The molecule has 72 valence electrons. The highest BCUT2D eigenvalue weighted by Gasteiger charge is 2.34. The van der Waals surface area contributed by atoms with E-state index in [-0.39, 0.29) is 23.7 Å². The van der Waals surface area contributed by atoms with E-state index in [1.807, 2.05) is 6.08 Å². The van der Waals surface area contributed by atoms with Crippen LogP contribution in [0.2, 0.25) is 0 Å². The predicted octanol–water partition coefficient (Wildman–Crippen LogP) is 1.71. The third kappa shape index (κ3) is 1.89. The van der Waals surface area contributed by atoms with E-state index >= 15 is 0 Å². The third-order valence-corrected chi connectivity index (χ3v) is 2.72. The highest BCUT2D eigenvalue weighted by Crippen LogP contribution is 2.39. The SMILES string of the molecule is C=C1C(=O)C=CC(C)(C)C1CCO. The molecule has 1 rings (SSSR count). The van der Waals surface area contributed by atoms with E-state index in [2.05, 4.69) is 20.4 Å². The van der Waals surface area contributed by atoms with Crippen molar-refractivity contribution in [1.29, 1.82) is 0 Å². The molecule has 2 nitrogen and oxygen atoms in total. The molecular formula is C11H16O2. The van der Waals surface area contributed by atoms with E-state index in [0.717, 1.165) is 0 Å². The minimum atomic E-state index is -0.0618. The lowest BCUT2D eigenvalue weighted by Gasteiger charge is -2.35. The van der Waals surface area contributed by atoms with Gasteiger partial charge in [-0.15, -0.1) is 0 Å². The lowest BCUT2D eigenvalue weighted by atomic mass is 9.69. The van der Waals surface area contributed by atoms with Gasteiger partial charge in [-0.25, -0.2) is 0 Å². The predicted molar refractivity (Wildman–Crippen MR) is 52.3 cm³/mol. The molecule has 0 bridgehead atoms. The van der Waals surface area contributed by atoms with Crippen LogP contribution in [0.25, 0.3) is 0 Å². The molecule has 0 spiro atoms. The molecule has 2 heteroatoms. The van der Waals surface area contributed by atoms with Gasteiger partial charge in [0.15, 0.2) is 5.78 Å². The first-order chi connectivity index (χ1) is 5.99. The number of carbonyl (C=O) groups excluding carboxylic acids is 1. The molecule has 1 N–H and O–H groups in total. The van der Waals surface area contributed by atoms with Crippen LogP contribution >= 0.6 is 0 Å². The van der Waals surface area contributed by atoms with Gasteiger partial charge in [-0.05, 0) is 29.4 Å². The second kappa shape index (κ2) is 3.46. The summed E-state index contributed by atoms with van der Waals surface area (Å²) in [5.74, 6) is 0.0766. The summed E-state index contributed by atoms with van der Waals surface area (Å²) in [4.78, 5) is 11.3. The van der Waals surface area contributed by atoms with E-state index in [0.29, 0.717) is 12.0 Å². The number of ketones is 1. The number of aliphatic hydroxyl groups excluding tert-OH is 1. The van der Waals surface area contributed by atoms with Crippen molar-refractivity contribution in [3.8, 4) is 0 Å². The highest BCUT2D eigenvalue weighted by atomic mass is 16.3. The van der Waals surface area contributed by atoms with E-state index in [9.17, 15) is 4.79 Å². The minimum Gasteiger partial charge on any atom is -0.396 e. The zero-order valence-corrected chi connectivity index (χ0v) is 8.21. The number of rotatable bonds is 2. The van der Waals surface area contributed by atoms with Gasteiger partial charge in [0.25, 0.3) is 0 Å². The fourth-order valence-corrected chi connectivity index (χ4v) is 1.81. The smallest absolute Gasteiger partial charge is 0.181 e. The average molecular weight is 180 g/mol. The zero-order chi connectivity index (χ0) is 10.1. The van der Waals surface area contributed by atoms with Crippen LogP contribution in [0.1, 0.15) is 20.3 Å². The fourth-order valence-electron chi connectivity index (χ4n) is 1.81. The second-order valence-corrected chi connectivity index (χ2v) is 4.11. The van der Waals surface area contributed by atoms with Crippen molar-refractivity contribution in [2.75, 3.05) is 6.61 Å². The molecule has 0 saturated carbocycles. The molecule has 0 aromatic heterocycles. The van der Waals surface area contributed by atoms with Crippen LogP contribution in [0.3, 0.4) is 0 Å². The number of carbonyl (C=O) groups is 1. The van der Waals surface area contributed by atoms with Crippen molar-refractivity contribution in [3.05, 3.63) is 24.3 Å². The summed E-state index contributed by atoms with van der Waals surface area (Å²) < 4.78 is 0. The van der Waals surface area contributed by atoms with Crippen LogP contribution in [0.4, 0.5) is 0 Å². The Kier molecular flexibility index (Phi) is 2.71. The lowest BCUT2D eigenvalue weighted by molar-refractivity contribution is -0.112. The Morgan fingerprint density at radius 3 is 2.77 bits per heavy atom. The van der Waals surface area contributed by atoms with Gasteiger partial charge in [-0.1, -0.05) is 26.5 Å². The molecule has 0 saturated heterocycles. The van der Waals surface area contributed by atoms with Gasteiger partial charge >= 0.3 is 0 Å². The van der Waals surface area contributed by atoms with Crippen molar-refractivity contribution in [2.45, 2.75) is 20.3 Å². The first-order valence-corrected chi connectivity index (χ1v) is 4.52. The molecule has 0 aliphatic heterocycles. The van der Waals surface area contributed by atoms with Gasteiger partial charge in [0.1, 0.15) is 0 Å². The largest absolute Gasteiger partial charge is 0.396 e. The molecule has 0 aromatic rings. The first kappa shape index (κ1) is 10.2. The number of allylic oxidation sites excluding steroid dienone is 3. The Labute approximate surface area is 79.0 Å². The Balaban J connectivity index is 2.95. The van der Waals surface area contributed by atoms with Crippen molar-refractivity contribution in [3.63, 3.8) is 0 Å². The molecule has 0 amide bonds. The summed E-state index contributed by atoms with van der Waals surface area (Å²) in [5.41, 5.74) is 0.565. The summed E-state index contributed by atoms with van der Waals surface area (Å²) in [6, 6.07) is 0. The lowest BCUT2D eigenvalue weighted by Crippen LogP contribution is -2.30. The van der Waals surface area contributed by atoms with Gasteiger partial charge in [0, 0.05) is 6.61 Å². The van der Waals surface area contributed by atoms with Crippen LogP contribution in [-0.4, -0.2) is 17.5 Å². The molecule has 0 fully saturated rings. The van der Waals surface area contributed by atoms with Gasteiger partial charge in [-0.3, -0.25) is 4.79 Å². The quantitative estimate of drug-likeness (QED) is 0.657. The standard InChI is InChI=1S/C11H16O2/c1-8-9(5-7-12)11(2,3)6-4-10(8)13/h4,6,9,12H,1,5,7H2,2-3H3. The van der Waals surface area contributed by atoms with Crippen molar-refractivity contribution >= 4 is 5.78 Å². The number of aliphatic hydroxyl groups is 1. The first-order valence-electron chi connectivity index (χ1n) is 4.52. The monoisotopic (exact) mass is 180 g/mol. The third-order valence-electron chi connectivity index (χ3n) is 2.72. The molecule has 13 heavy (non-hydrogen) atoms. The molecule has 1 unspecified atom stereocenters. The van der Waals surface area contributed by atoms with Gasteiger partial charge < -0.3 is 5.11 Å². The van der Waals surface area contributed by atoms with Crippen LogP contribution in [0.15, 0.2) is 24.3 Å². The fraction of sp³-hybridized carbons (Fsp3) is 0.545. The second-order valence-electron chi connectivity index (χ2n) is 4.11. The Morgan fingerprint density at radius 2 is 2.23 bits per heavy atom. The summed E-state index contributed by atoms with van der Waals surface area (Å²) in [5, 5.41) is 8.88. The minimum absolute atomic E-state index is 0.00206. The number of hydrogen-bond acceptors (Lipinski definition) is 2. The van der Waals surface area contributed by atoms with Gasteiger partial charge in [0.2, 0.25) is 0 Å². The summed E-state index contributed by atoms with van der Waals surface area (Å²) in [7, 11) is 0. The molecule has 1 aliphatic rings.